The van der Waals surface area contributed by atoms with Gasteiger partial charge < -0.3 is 14.4 Å². The average Bonchev–Trinajstić information content (AvgIpc) is 2.49. The number of carbonyl (C=O) groups is 1. The summed E-state index contributed by atoms with van der Waals surface area (Å²) in [5.41, 5.74) is 0.616. The zero-order valence-electron chi connectivity index (χ0n) is 12.3. The Morgan fingerprint density at radius 2 is 1.85 bits per heavy atom. The van der Waals surface area contributed by atoms with Crippen LogP contribution in [0.1, 0.15) is 29.6 Å². The molecule has 0 N–H and O–H groups in total. The molecule has 0 atom stereocenters. The molecule has 0 unspecified atom stereocenters. The van der Waals surface area contributed by atoms with E-state index in [1.54, 1.807) is 37.3 Å². The minimum atomic E-state index is 0.00444. The van der Waals surface area contributed by atoms with Gasteiger partial charge in [-0.05, 0) is 31.0 Å². The number of unbranched alkanes of at least 4 members (excludes halogenated alkanes) is 2. The molecule has 1 aromatic carbocycles. The molecule has 0 fully saturated rings. The molecule has 0 saturated carbocycles. The zero-order valence-corrected chi connectivity index (χ0v) is 13.9. The van der Waals surface area contributed by atoms with Gasteiger partial charge in [0.15, 0.2) is 11.5 Å². The third-order valence-corrected chi connectivity index (χ3v) is 3.67. The Morgan fingerprint density at radius 1 is 1.15 bits per heavy atom. The molecule has 0 aliphatic heterocycles. The fourth-order valence-electron chi connectivity index (χ4n) is 1.91. The summed E-state index contributed by atoms with van der Waals surface area (Å²) in [7, 11) is 4.97. The largest absolute Gasteiger partial charge is 0.493 e. The van der Waals surface area contributed by atoms with Crippen LogP contribution >= 0.6 is 15.9 Å². The number of alkyl halides is 1. The lowest BCUT2D eigenvalue weighted by Gasteiger charge is -2.18. The smallest absolute Gasteiger partial charge is 0.253 e. The van der Waals surface area contributed by atoms with Crippen molar-refractivity contribution in [1.29, 1.82) is 0 Å². The molecule has 4 nitrogen and oxygen atoms in total. The van der Waals surface area contributed by atoms with Gasteiger partial charge in [-0.1, -0.05) is 22.4 Å². The quantitative estimate of drug-likeness (QED) is 0.536. The number of methoxy groups -OCH3 is 2. The van der Waals surface area contributed by atoms with Gasteiger partial charge in [0.2, 0.25) is 0 Å². The van der Waals surface area contributed by atoms with Crippen LogP contribution in [-0.2, 0) is 0 Å². The Balaban J connectivity index is 2.66. The number of hydrogen-bond acceptors (Lipinski definition) is 3. The zero-order chi connectivity index (χ0) is 15.0. The van der Waals surface area contributed by atoms with Crippen molar-refractivity contribution in [2.75, 3.05) is 33.1 Å². The molecule has 0 saturated heterocycles. The first-order chi connectivity index (χ1) is 9.63. The molecule has 112 valence electrons. The van der Waals surface area contributed by atoms with Gasteiger partial charge in [-0.3, -0.25) is 4.79 Å². The summed E-state index contributed by atoms with van der Waals surface area (Å²) >= 11 is 3.41. The number of amides is 1. The van der Waals surface area contributed by atoms with E-state index in [4.69, 9.17) is 9.47 Å². The van der Waals surface area contributed by atoms with Crippen LogP contribution < -0.4 is 9.47 Å². The van der Waals surface area contributed by atoms with Gasteiger partial charge in [-0.25, -0.2) is 0 Å². The van der Waals surface area contributed by atoms with Crippen molar-refractivity contribution < 1.29 is 14.3 Å². The number of hydrogen-bond donors (Lipinski definition) is 0. The van der Waals surface area contributed by atoms with Gasteiger partial charge in [0.1, 0.15) is 0 Å². The van der Waals surface area contributed by atoms with E-state index < -0.39 is 0 Å². The van der Waals surface area contributed by atoms with Crippen LogP contribution in [0.4, 0.5) is 0 Å². The van der Waals surface area contributed by atoms with Crippen molar-refractivity contribution in [2.45, 2.75) is 19.3 Å². The van der Waals surface area contributed by atoms with E-state index in [2.05, 4.69) is 15.9 Å². The van der Waals surface area contributed by atoms with Crippen LogP contribution in [0.25, 0.3) is 0 Å². The predicted octanol–water partition coefficient (Wildman–Crippen LogP) is 3.34. The van der Waals surface area contributed by atoms with E-state index in [1.165, 1.54) is 0 Å². The van der Waals surface area contributed by atoms with Crippen molar-refractivity contribution >= 4 is 21.8 Å². The van der Waals surface area contributed by atoms with Crippen molar-refractivity contribution in [2.24, 2.45) is 0 Å². The fourth-order valence-corrected chi connectivity index (χ4v) is 2.31. The molecular formula is C15H22BrNO3. The first kappa shape index (κ1) is 16.8. The highest BCUT2D eigenvalue weighted by molar-refractivity contribution is 9.09. The third kappa shape index (κ3) is 4.71. The fraction of sp³-hybridized carbons (Fsp3) is 0.533. The summed E-state index contributed by atoms with van der Waals surface area (Å²) in [5.74, 6) is 1.21. The van der Waals surface area contributed by atoms with Crippen LogP contribution in [0, 0.1) is 0 Å². The molecule has 0 heterocycles. The second-order valence-corrected chi connectivity index (χ2v) is 5.34. The van der Waals surface area contributed by atoms with Crippen LogP contribution in [0.3, 0.4) is 0 Å². The average molecular weight is 344 g/mol. The van der Waals surface area contributed by atoms with E-state index in [0.717, 1.165) is 31.1 Å². The second-order valence-electron chi connectivity index (χ2n) is 4.55. The summed E-state index contributed by atoms with van der Waals surface area (Å²) in [6.45, 7) is 0.764. The topological polar surface area (TPSA) is 38.8 Å². The molecule has 5 heteroatoms. The van der Waals surface area contributed by atoms with E-state index in [1.807, 2.05) is 7.05 Å². The first-order valence-corrected chi connectivity index (χ1v) is 7.79. The number of carbonyl (C=O) groups excluding carboxylic acids is 1. The minimum Gasteiger partial charge on any atom is -0.493 e. The Labute approximate surface area is 129 Å². The van der Waals surface area contributed by atoms with E-state index >= 15 is 0 Å². The molecule has 1 amide bonds. The molecule has 0 aromatic heterocycles. The minimum absolute atomic E-state index is 0.00444. The maximum Gasteiger partial charge on any atom is 0.253 e. The van der Waals surface area contributed by atoms with Crippen molar-refractivity contribution in [1.82, 2.24) is 4.90 Å². The van der Waals surface area contributed by atoms with E-state index in [-0.39, 0.29) is 5.91 Å². The highest BCUT2D eigenvalue weighted by Crippen LogP contribution is 2.27. The second kappa shape index (κ2) is 8.84. The summed E-state index contributed by atoms with van der Waals surface area (Å²) < 4.78 is 10.4. The normalized spacial score (nSPS) is 10.2. The van der Waals surface area contributed by atoms with Gasteiger partial charge in [-0.2, -0.15) is 0 Å². The highest BCUT2D eigenvalue weighted by atomic mass is 79.9. The molecule has 0 aliphatic rings. The number of benzene rings is 1. The molecule has 0 aliphatic carbocycles. The maximum atomic E-state index is 12.3. The van der Waals surface area contributed by atoms with E-state index in [9.17, 15) is 4.79 Å². The lowest BCUT2D eigenvalue weighted by Crippen LogP contribution is -2.27. The summed E-state index contributed by atoms with van der Waals surface area (Å²) in [5, 5.41) is 1.01. The lowest BCUT2D eigenvalue weighted by molar-refractivity contribution is 0.0792. The van der Waals surface area contributed by atoms with Gasteiger partial charge in [-0.15, -0.1) is 0 Å². The lowest BCUT2D eigenvalue weighted by atomic mass is 10.1. The number of rotatable bonds is 8. The van der Waals surface area contributed by atoms with Gasteiger partial charge in [0.25, 0.3) is 5.91 Å². The SMILES string of the molecule is COc1ccc(C(=O)N(C)CCCCCBr)cc1OC. The number of nitrogens with zero attached hydrogens (tertiary/aromatic N) is 1. The molecule has 0 bridgehead atoms. The van der Waals surface area contributed by atoms with Crippen molar-refractivity contribution in [3.05, 3.63) is 23.8 Å². The first-order valence-electron chi connectivity index (χ1n) is 6.67. The highest BCUT2D eigenvalue weighted by Gasteiger charge is 2.14. The van der Waals surface area contributed by atoms with Gasteiger partial charge in [0, 0.05) is 24.5 Å². The Kier molecular flexibility index (Phi) is 7.44. The monoisotopic (exact) mass is 343 g/mol. The molecule has 0 radical (unpaired) electrons. The van der Waals surface area contributed by atoms with Crippen LogP contribution in [0.2, 0.25) is 0 Å². The maximum absolute atomic E-state index is 12.3. The Bertz CT molecular complexity index is 437. The summed E-state index contributed by atoms with van der Waals surface area (Å²) in [6, 6.07) is 5.24. The van der Waals surface area contributed by atoms with Gasteiger partial charge >= 0.3 is 0 Å². The molecule has 20 heavy (non-hydrogen) atoms. The standard InChI is InChI=1S/C15H22BrNO3/c1-17(10-6-4-5-9-16)15(18)12-7-8-13(19-2)14(11-12)20-3/h7-8,11H,4-6,9-10H2,1-3H3. The molecular weight excluding hydrogens is 322 g/mol. The number of halogens is 1. The molecule has 0 spiro atoms. The van der Waals surface area contributed by atoms with E-state index in [0.29, 0.717) is 17.1 Å². The third-order valence-electron chi connectivity index (χ3n) is 3.10. The van der Waals surface area contributed by atoms with Crippen LogP contribution in [-0.4, -0.2) is 43.9 Å². The van der Waals surface area contributed by atoms with Crippen molar-refractivity contribution in [3.63, 3.8) is 0 Å². The van der Waals surface area contributed by atoms with Crippen LogP contribution in [0.15, 0.2) is 18.2 Å². The molecule has 1 aromatic rings. The summed E-state index contributed by atoms with van der Waals surface area (Å²) in [6.07, 6.45) is 3.27. The Hall–Kier alpha value is -1.23. The Morgan fingerprint density at radius 3 is 2.45 bits per heavy atom. The van der Waals surface area contributed by atoms with Crippen LogP contribution in [0.5, 0.6) is 11.5 Å². The van der Waals surface area contributed by atoms with Crippen molar-refractivity contribution in [3.8, 4) is 11.5 Å². The van der Waals surface area contributed by atoms with Gasteiger partial charge in [0.05, 0.1) is 14.2 Å². The summed E-state index contributed by atoms with van der Waals surface area (Å²) in [4.78, 5) is 14.0. The predicted molar refractivity (Wildman–Crippen MR) is 84.2 cm³/mol. The molecule has 1 rings (SSSR count). The number of ether oxygens (including phenoxy) is 2.